The van der Waals surface area contributed by atoms with Gasteiger partial charge in [0.25, 0.3) is 15.9 Å². The monoisotopic (exact) mass is 647 g/mol. The van der Waals surface area contributed by atoms with Gasteiger partial charge in [0.15, 0.2) is 10.8 Å². The van der Waals surface area contributed by atoms with Crippen LogP contribution in [0.1, 0.15) is 69.2 Å². The maximum Gasteiger partial charge on any atom is 0.394 e. The molecule has 3 aliphatic heterocycles. The number of ether oxygens (including phenoxy) is 1. The fraction of sp³-hybridized carbons (Fsp3) is 0.533. The molecule has 1 atom stereocenters. The quantitative estimate of drug-likeness (QED) is 0.389. The van der Waals surface area contributed by atoms with Gasteiger partial charge in [0.05, 0.1) is 29.5 Å². The van der Waals surface area contributed by atoms with Crippen LogP contribution in [0.4, 0.5) is 24.7 Å². The lowest BCUT2D eigenvalue weighted by atomic mass is 9.93. The Morgan fingerprint density at radius 2 is 1.91 bits per heavy atom. The molecule has 3 aromatic heterocycles. The van der Waals surface area contributed by atoms with Gasteiger partial charge in [-0.3, -0.25) is 4.79 Å². The SMILES string of the molecule is CC1(C)CC2CCCCNc3ccc(nc3)S(=O)(=O)NC(=O)c3ccc(-n4ccc(OCCC5(C(F)(F)F)CC5)n4)nc3N1C2. The van der Waals surface area contributed by atoms with Crippen molar-refractivity contribution in [1.29, 1.82) is 0 Å². The van der Waals surface area contributed by atoms with Crippen LogP contribution >= 0.6 is 0 Å². The highest BCUT2D eigenvalue weighted by Crippen LogP contribution is 2.59. The third-order valence-corrected chi connectivity index (χ3v) is 10.3. The first-order valence-corrected chi connectivity index (χ1v) is 16.6. The lowest BCUT2D eigenvalue weighted by Gasteiger charge is -2.34. The number of carbonyl (C=O) groups excluding carboxylic acids is 1. The summed E-state index contributed by atoms with van der Waals surface area (Å²) in [7, 11) is -4.28. The van der Waals surface area contributed by atoms with Crippen molar-refractivity contribution in [2.24, 2.45) is 11.3 Å². The highest BCUT2D eigenvalue weighted by Gasteiger charge is 2.62. The first-order valence-electron chi connectivity index (χ1n) is 15.1. The average Bonchev–Trinajstić information content (AvgIpc) is 3.53. The van der Waals surface area contributed by atoms with Crippen LogP contribution < -0.4 is 19.7 Å². The number of sulfonamides is 1. The number of nitrogens with zero attached hydrogens (tertiary/aromatic N) is 5. The molecule has 6 heterocycles. The highest BCUT2D eigenvalue weighted by molar-refractivity contribution is 7.90. The maximum absolute atomic E-state index is 13.6. The first-order chi connectivity index (χ1) is 21.3. The molecule has 3 aromatic rings. The van der Waals surface area contributed by atoms with Gasteiger partial charge < -0.3 is 15.0 Å². The summed E-state index contributed by atoms with van der Waals surface area (Å²) >= 11 is 0. The minimum atomic E-state index is -4.28. The number of fused-ring (bicyclic) bond motifs is 8. The minimum absolute atomic E-state index is 0.0733. The highest BCUT2D eigenvalue weighted by atomic mass is 32.2. The number of anilines is 2. The molecule has 1 saturated carbocycles. The van der Waals surface area contributed by atoms with Crippen LogP contribution in [0.15, 0.2) is 47.8 Å². The van der Waals surface area contributed by atoms with Crippen LogP contribution in [-0.2, 0) is 10.0 Å². The number of pyridine rings is 2. The Balaban J connectivity index is 1.29. The molecule has 1 amide bonds. The molecule has 242 valence electrons. The van der Waals surface area contributed by atoms with E-state index in [2.05, 4.69) is 34.0 Å². The molecule has 45 heavy (non-hydrogen) atoms. The summed E-state index contributed by atoms with van der Waals surface area (Å²) in [6.07, 6.45) is 2.58. The van der Waals surface area contributed by atoms with Gasteiger partial charge in [0.2, 0.25) is 5.88 Å². The number of rotatable bonds is 5. The molecule has 1 aliphatic carbocycles. The van der Waals surface area contributed by atoms with Crippen molar-refractivity contribution >= 4 is 27.4 Å². The van der Waals surface area contributed by atoms with Gasteiger partial charge in [-0.1, -0.05) is 6.42 Å². The molecule has 7 rings (SSSR count). The number of hydrogen-bond donors (Lipinski definition) is 2. The molecule has 1 saturated heterocycles. The number of amides is 1. The summed E-state index contributed by atoms with van der Waals surface area (Å²) in [4.78, 5) is 24.5. The molecular formula is C30H36F3N7O4S. The van der Waals surface area contributed by atoms with Crippen molar-refractivity contribution in [3.05, 3.63) is 48.3 Å². The molecule has 4 bridgehead atoms. The van der Waals surface area contributed by atoms with Crippen molar-refractivity contribution in [3.63, 3.8) is 0 Å². The van der Waals surface area contributed by atoms with E-state index in [4.69, 9.17) is 9.72 Å². The maximum atomic E-state index is 13.6. The molecule has 0 spiro atoms. The van der Waals surface area contributed by atoms with Gasteiger partial charge in [-0.25, -0.2) is 19.4 Å². The summed E-state index contributed by atoms with van der Waals surface area (Å²) in [5, 5.41) is 7.33. The van der Waals surface area contributed by atoms with Crippen LogP contribution in [-0.4, -0.2) is 65.5 Å². The zero-order valence-corrected chi connectivity index (χ0v) is 25.9. The van der Waals surface area contributed by atoms with Gasteiger partial charge in [-0.15, -0.1) is 5.10 Å². The summed E-state index contributed by atoms with van der Waals surface area (Å²) < 4.78 is 75.2. The number of halogens is 3. The van der Waals surface area contributed by atoms with Crippen LogP contribution in [0, 0.1) is 11.3 Å². The molecule has 2 fully saturated rings. The average molecular weight is 648 g/mol. The van der Waals surface area contributed by atoms with E-state index in [1.807, 2.05) is 4.90 Å². The largest absolute Gasteiger partial charge is 0.477 e. The molecule has 0 radical (unpaired) electrons. The fourth-order valence-corrected chi connectivity index (χ4v) is 7.15. The van der Waals surface area contributed by atoms with Crippen LogP contribution in [0.5, 0.6) is 5.88 Å². The van der Waals surface area contributed by atoms with E-state index in [1.54, 1.807) is 12.3 Å². The molecule has 11 nitrogen and oxygen atoms in total. The third-order valence-electron chi connectivity index (χ3n) is 9.01. The lowest BCUT2D eigenvalue weighted by Crippen LogP contribution is -2.41. The topological polar surface area (TPSA) is 131 Å². The van der Waals surface area contributed by atoms with Crippen molar-refractivity contribution in [2.45, 2.75) is 75.5 Å². The van der Waals surface area contributed by atoms with Gasteiger partial charge in [0, 0.05) is 30.9 Å². The second kappa shape index (κ2) is 11.5. The Bertz CT molecular complexity index is 1670. The first kappa shape index (κ1) is 31.1. The van der Waals surface area contributed by atoms with E-state index in [9.17, 15) is 26.4 Å². The van der Waals surface area contributed by atoms with Crippen LogP contribution in [0.3, 0.4) is 0 Å². The molecule has 2 N–H and O–H groups in total. The number of nitrogens with one attached hydrogen (secondary N) is 2. The number of carbonyl (C=O) groups is 1. The predicted molar refractivity (Wildman–Crippen MR) is 160 cm³/mol. The Kier molecular flexibility index (Phi) is 7.94. The molecular weight excluding hydrogens is 611 g/mol. The van der Waals surface area contributed by atoms with Crippen molar-refractivity contribution in [1.82, 2.24) is 24.5 Å². The normalized spacial score (nSPS) is 22.2. The summed E-state index contributed by atoms with van der Waals surface area (Å²) in [5.41, 5.74) is -1.28. The minimum Gasteiger partial charge on any atom is -0.477 e. The van der Waals surface area contributed by atoms with Crippen molar-refractivity contribution in [2.75, 3.05) is 29.9 Å². The molecule has 15 heteroatoms. The smallest absolute Gasteiger partial charge is 0.394 e. The Morgan fingerprint density at radius 1 is 1.11 bits per heavy atom. The van der Waals surface area contributed by atoms with Gasteiger partial charge in [-0.2, -0.15) is 21.6 Å². The number of hydrogen-bond acceptors (Lipinski definition) is 9. The van der Waals surface area contributed by atoms with Gasteiger partial charge in [0.1, 0.15) is 5.82 Å². The zero-order chi connectivity index (χ0) is 32.0. The zero-order valence-electron chi connectivity index (χ0n) is 25.1. The third kappa shape index (κ3) is 6.44. The standard InChI is InChI=1S/C30H36F3N7O4S/c1-28(2)17-20-5-3-4-14-34-21-6-9-25(35-18-21)45(42,43)38-27(41)22-7-8-23(36-26(22)39(28)19-20)40-15-10-24(37-40)44-16-13-29(11-12-29)30(31,32)33/h6-10,15,18,20,34H,3-5,11-14,16-17,19H2,1-2H3,(H,38,41). The fourth-order valence-electron chi connectivity index (χ4n) is 6.25. The van der Waals surface area contributed by atoms with E-state index in [0.717, 1.165) is 32.2 Å². The Labute approximate surface area is 259 Å². The van der Waals surface area contributed by atoms with E-state index in [1.165, 1.54) is 35.1 Å². The predicted octanol–water partition coefficient (Wildman–Crippen LogP) is 5.09. The van der Waals surface area contributed by atoms with Crippen molar-refractivity contribution in [3.8, 4) is 11.7 Å². The van der Waals surface area contributed by atoms with Crippen molar-refractivity contribution < 1.29 is 31.1 Å². The second-order valence-electron chi connectivity index (χ2n) is 12.8. The molecule has 4 aliphatic rings. The van der Waals surface area contributed by atoms with E-state index < -0.39 is 27.5 Å². The molecule has 0 aromatic carbocycles. The van der Waals surface area contributed by atoms with Gasteiger partial charge in [-0.05, 0) is 82.6 Å². The summed E-state index contributed by atoms with van der Waals surface area (Å²) in [5.74, 6) is 0.274. The Morgan fingerprint density at radius 3 is 2.62 bits per heavy atom. The number of aromatic nitrogens is 4. The summed E-state index contributed by atoms with van der Waals surface area (Å²) in [6.45, 7) is 5.35. The number of alkyl halides is 3. The van der Waals surface area contributed by atoms with Gasteiger partial charge >= 0.3 is 6.18 Å². The van der Waals surface area contributed by atoms with E-state index in [-0.39, 0.29) is 47.9 Å². The van der Waals surface area contributed by atoms with E-state index in [0.29, 0.717) is 29.8 Å². The van der Waals surface area contributed by atoms with Crippen LogP contribution in [0.2, 0.25) is 0 Å². The van der Waals surface area contributed by atoms with E-state index >= 15 is 0 Å². The molecule has 1 unspecified atom stereocenters. The lowest BCUT2D eigenvalue weighted by molar-refractivity contribution is -0.190. The van der Waals surface area contributed by atoms with Crippen LogP contribution in [0.25, 0.3) is 5.82 Å². The Hall–Kier alpha value is -3.88. The second-order valence-corrected chi connectivity index (χ2v) is 14.4. The summed E-state index contributed by atoms with van der Waals surface area (Å²) in [6, 6.07) is 7.54.